The molecule has 0 bridgehead atoms. The number of hydrogen-bond donors (Lipinski definition) is 1. The first kappa shape index (κ1) is 24.9. The highest BCUT2D eigenvalue weighted by Gasteiger charge is 2.36. The van der Waals surface area contributed by atoms with Gasteiger partial charge < -0.3 is 13.9 Å². The largest absolute Gasteiger partial charge is 0.493 e. The number of carbonyl (C=O) groups is 3. The zero-order valence-electron chi connectivity index (χ0n) is 18.7. The molecule has 0 radical (unpaired) electrons. The number of nitrogens with one attached hydrogen (secondary N) is 1. The van der Waals surface area contributed by atoms with E-state index in [0.29, 0.717) is 26.4 Å². The number of non-ortho nitro benzene ring substituents is 1. The summed E-state index contributed by atoms with van der Waals surface area (Å²) < 4.78 is 17.2. The highest BCUT2D eigenvalue weighted by molar-refractivity contribution is 14.1. The summed E-state index contributed by atoms with van der Waals surface area (Å²) in [5.74, 6) is -0.408. The number of halogens is 1. The van der Waals surface area contributed by atoms with Crippen LogP contribution in [0.3, 0.4) is 0 Å². The first-order valence-corrected chi connectivity index (χ1v) is 11.5. The molecule has 0 aliphatic carbocycles. The molecule has 1 aliphatic heterocycles. The number of amides is 4. The topological polar surface area (TPSA) is 141 Å². The van der Waals surface area contributed by atoms with Gasteiger partial charge in [-0.05, 0) is 76.2 Å². The third-order valence-corrected chi connectivity index (χ3v) is 5.97. The van der Waals surface area contributed by atoms with Gasteiger partial charge in [0.05, 0.1) is 28.4 Å². The number of urea groups is 1. The maximum absolute atomic E-state index is 12.9. The summed E-state index contributed by atoms with van der Waals surface area (Å²) in [6, 6.07) is 11.7. The quantitative estimate of drug-likeness (QED) is 0.134. The number of rotatable bonds is 8. The Bertz CT molecular complexity index is 1370. The molecule has 1 fully saturated rings. The van der Waals surface area contributed by atoms with Gasteiger partial charge in [-0.15, -0.1) is 0 Å². The average molecular weight is 603 g/mol. The number of nitrogens with zero attached hydrogens (tertiary/aromatic N) is 2. The monoisotopic (exact) mass is 603 g/mol. The number of nitro benzene ring substituents is 1. The fourth-order valence-electron chi connectivity index (χ4n) is 3.40. The molecule has 0 spiro atoms. The lowest BCUT2D eigenvalue weighted by atomic mass is 10.1. The molecular weight excluding hydrogens is 585 g/mol. The lowest BCUT2D eigenvalue weighted by Gasteiger charge is -2.25. The Labute approximate surface area is 218 Å². The average Bonchev–Trinajstić information content (AvgIpc) is 3.37. The standard InChI is InChI=1S/C24H18IN3O8/c1-34-20-11-15(10-19(25)21(20)36-13-14-4-6-16(7-5-14)28(32)33)9-18-22(29)26-24(31)27(23(18)30)12-17-3-2-8-35-17/h2-11H,12-13H2,1H3,(H,26,29,31)/b18-9+. The zero-order chi connectivity index (χ0) is 25.8. The second-order valence-corrected chi connectivity index (χ2v) is 8.70. The number of ether oxygens (including phenoxy) is 2. The number of carbonyl (C=O) groups excluding carboxylic acids is 3. The molecule has 4 amide bonds. The van der Waals surface area contributed by atoms with E-state index < -0.39 is 22.8 Å². The predicted molar refractivity (Wildman–Crippen MR) is 134 cm³/mol. The summed E-state index contributed by atoms with van der Waals surface area (Å²) in [5, 5.41) is 13.0. The molecule has 11 nitrogen and oxygen atoms in total. The Morgan fingerprint density at radius 2 is 1.92 bits per heavy atom. The SMILES string of the molecule is COc1cc(/C=C2\C(=O)NC(=O)N(Cc3ccco3)C2=O)cc(I)c1OCc1ccc([N+](=O)[O-])cc1. The van der Waals surface area contributed by atoms with Gasteiger partial charge in [0.25, 0.3) is 17.5 Å². The second-order valence-electron chi connectivity index (χ2n) is 7.53. The van der Waals surface area contributed by atoms with E-state index >= 15 is 0 Å². The molecule has 2 aromatic carbocycles. The van der Waals surface area contributed by atoms with Crippen LogP contribution in [0, 0.1) is 13.7 Å². The van der Waals surface area contributed by atoms with Crippen molar-refractivity contribution in [1.82, 2.24) is 10.2 Å². The van der Waals surface area contributed by atoms with Gasteiger partial charge in [-0.3, -0.25) is 29.9 Å². The molecule has 0 unspecified atom stereocenters. The van der Waals surface area contributed by atoms with Gasteiger partial charge in [-0.2, -0.15) is 0 Å². The Morgan fingerprint density at radius 3 is 2.56 bits per heavy atom. The minimum Gasteiger partial charge on any atom is -0.493 e. The second kappa shape index (κ2) is 10.6. The minimum absolute atomic E-state index is 0.0194. The van der Waals surface area contributed by atoms with Crippen molar-refractivity contribution in [1.29, 1.82) is 0 Å². The summed E-state index contributed by atoms with van der Waals surface area (Å²) in [5.41, 5.74) is 0.952. The number of benzene rings is 2. The third-order valence-electron chi connectivity index (χ3n) is 5.17. The van der Waals surface area contributed by atoms with Crippen LogP contribution < -0.4 is 14.8 Å². The van der Waals surface area contributed by atoms with E-state index in [4.69, 9.17) is 13.9 Å². The van der Waals surface area contributed by atoms with Gasteiger partial charge in [0.15, 0.2) is 11.5 Å². The van der Waals surface area contributed by atoms with E-state index in [0.717, 1.165) is 10.5 Å². The molecule has 0 saturated carbocycles. The van der Waals surface area contributed by atoms with Crippen LogP contribution in [0.4, 0.5) is 10.5 Å². The molecule has 12 heteroatoms. The lowest BCUT2D eigenvalue weighted by molar-refractivity contribution is -0.384. The summed E-state index contributed by atoms with van der Waals surface area (Å²) in [4.78, 5) is 48.8. The van der Waals surface area contributed by atoms with Crippen molar-refractivity contribution in [3.63, 3.8) is 0 Å². The highest BCUT2D eigenvalue weighted by Crippen LogP contribution is 2.35. The number of furan rings is 1. The Balaban J connectivity index is 1.56. The summed E-state index contributed by atoms with van der Waals surface area (Å²) in [6.07, 6.45) is 2.78. The number of barbiturate groups is 1. The maximum Gasteiger partial charge on any atom is 0.331 e. The van der Waals surface area contributed by atoms with Crippen LogP contribution in [0.5, 0.6) is 11.5 Å². The number of methoxy groups -OCH3 is 1. The van der Waals surface area contributed by atoms with Crippen LogP contribution in [-0.2, 0) is 22.7 Å². The van der Waals surface area contributed by atoms with Gasteiger partial charge >= 0.3 is 6.03 Å². The van der Waals surface area contributed by atoms with Crippen LogP contribution in [-0.4, -0.2) is 34.8 Å². The molecular formula is C24H18IN3O8. The first-order chi connectivity index (χ1) is 17.3. The molecule has 2 heterocycles. The van der Waals surface area contributed by atoms with Gasteiger partial charge in [-0.25, -0.2) is 4.79 Å². The van der Waals surface area contributed by atoms with Crippen LogP contribution in [0.2, 0.25) is 0 Å². The molecule has 0 atom stereocenters. The van der Waals surface area contributed by atoms with Crippen molar-refractivity contribution in [3.8, 4) is 11.5 Å². The maximum atomic E-state index is 12.9. The van der Waals surface area contributed by atoms with Crippen molar-refractivity contribution in [3.05, 3.63) is 90.9 Å². The van der Waals surface area contributed by atoms with Crippen molar-refractivity contribution >= 4 is 52.2 Å². The number of nitro groups is 1. The normalized spacial score (nSPS) is 14.7. The fraction of sp³-hybridized carbons (Fsp3) is 0.125. The van der Waals surface area contributed by atoms with Crippen LogP contribution in [0.25, 0.3) is 6.08 Å². The van der Waals surface area contributed by atoms with Gasteiger partial charge in [0.2, 0.25) is 0 Å². The summed E-state index contributed by atoms with van der Waals surface area (Å²) in [7, 11) is 1.45. The molecule has 4 rings (SSSR count). The third kappa shape index (κ3) is 5.38. The van der Waals surface area contributed by atoms with Crippen molar-refractivity contribution in [2.75, 3.05) is 7.11 Å². The Morgan fingerprint density at radius 1 is 1.17 bits per heavy atom. The molecule has 1 N–H and O–H groups in total. The number of hydrogen-bond acceptors (Lipinski definition) is 8. The minimum atomic E-state index is -0.833. The molecule has 184 valence electrons. The van der Waals surface area contributed by atoms with Gasteiger partial charge in [-0.1, -0.05) is 0 Å². The van der Waals surface area contributed by atoms with Gasteiger partial charge in [0, 0.05) is 12.1 Å². The number of imide groups is 2. The highest BCUT2D eigenvalue weighted by atomic mass is 127. The Hall–Kier alpha value is -4.20. The van der Waals surface area contributed by atoms with Crippen LogP contribution >= 0.6 is 22.6 Å². The van der Waals surface area contributed by atoms with E-state index in [-0.39, 0.29) is 24.4 Å². The summed E-state index contributed by atoms with van der Waals surface area (Å²) in [6.45, 7) is 0.00803. The Kier molecular flexibility index (Phi) is 7.33. The van der Waals surface area contributed by atoms with Crippen molar-refractivity contribution in [2.24, 2.45) is 0 Å². The van der Waals surface area contributed by atoms with Crippen molar-refractivity contribution < 1.29 is 33.2 Å². The van der Waals surface area contributed by atoms with E-state index in [9.17, 15) is 24.5 Å². The molecule has 1 aliphatic rings. The van der Waals surface area contributed by atoms with E-state index in [1.165, 1.54) is 31.6 Å². The zero-order valence-corrected chi connectivity index (χ0v) is 20.9. The fourth-order valence-corrected chi connectivity index (χ4v) is 4.18. The smallest absolute Gasteiger partial charge is 0.331 e. The molecule has 1 aromatic heterocycles. The first-order valence-electron chi connectivity index (χ1n) is 10.4. The molecule has 1 saturated heterocycles. The van der Waals surface area contributed by atoms with E-state index in [1.54, 1.807) is 36.4 Å². The predicted octanol–water partition coefficient (Wildman–Crippen LogP) is 4.04. The molecule has 36 heavy (non-hydrogen) atoms. The lowest BCUT2D eigenvalue weighted by Crippen LogP contribution is -2.53. The van der Waals surface area contributed by atoms with E-state index in [1.807, 2.05) is 22.6 Å². The van der Waals surface area contributed by atoms with E-state index in [2.05, 4.69) is 5.32 Å². The van der Waals surface area contributed by atoms with Crippen LogP contribution in [0.1, 0.15) is 16.9 Å². The van der Waals surface area contributed by atoms with Crippen molar-refractivity contribution in [2.45, 2.75) is 13.2 Å². The summed E-state index contributed by atoms with van der Waals surface area (Å²) >= 11 is 2.03. The molecule has 3 aromatic rings. The van der Waals surface area contributed by atoms with Gasteiger partial charge in [0.1, 0.15) is 17.9 Å². The van der Waals surface area contributed by atoms with Crippen LogP contribution in [0.15, 0.2) is 64.8 Å².